The molecule has 3 N–H and O–H groups in total. The first-order chi connectivity index (χ1) is 9.22. The van der Waals surface area contributed by atoms with Crippen LogP contribution in [-0.4, -0.2) is 24.8 Å². The third kappa shape index (κ3) is 4.71. The SMILES string of the molecule is CC(CC(=O)NCC(F)(F)C(F)F)c1ccc(N)cc1. The first-order valence-corrected chi connectivity index (χ1v) is 6.00. The normalized spacial score (nSPS) is 13.3. The zero-order valence-corrected chi connectivity index (χ0v) is 10.9. The number of amides is 1. The highest BCUT2D eigenvalue weighted by atomic mass is 19.3. The lowest BCUT2D eigenvalue weighted by molar-refractivity contribution is -0.136. The molecule has 0 aliphatic carbocycles. The summed E-state index contributed by atoms with van der Waals surface area (Å²) in [4.78, 5) is 11.4. The third-order valence-corrected chi connectivity index (χ3v) is 2.84. The van der Waals surface area contributed by atoms with Gasteiger partial charge in [0.25, 0.3) is 0 Å². The second-order valence-electron chi connectivity index (χ2n) is 4.61. The van der Waals surface area contributed by atoms with Crippen LogP contribution in [0.1, 0.15) is 24.8 Å². The first kappa shape index (κ1) is 16.3. The van der Waals surface area contributed by atoms with Crippen molar-refractivity contribution in [3.05, 3.63) is 29.8 Å². The molecule has 1 aromatic rings. The number of hydrogen-bond acceptors (Lipinski definition) is 2. The van der Waals surface area contributed by atoms with Crippen LogP contribution in [0.5, 0.6) is 0 Å². The van der Waals surface area contributed by atoms with Crippen molar-refractivity contribution >= 4 is 11.6 Å². The lowest BCUT2D eigenvalue weighted by atomic mass is 9.97. The standard InChI is InChI=1S/C13H16F4N2O/c1-8(9-2-4-10(18)5-3-9)6-11(20)19-7-13(16,17)12(14)15/h2-5,8,12H,6-7,18H2,1H3,(H,19,20). The van der Waals surface area contributed by atoms with Gasteiger partial charge >= 0.3 is 12.3 Å². The molecule has 1 amide bonds. The van der Waals surface area contributed by atoms with Gasteiger partial charge in [-0.25, -0.2) is 8.78 Å². The largest absolute Gasteiger partial charge is 0.399 e. The van der Waals surface area contributed by atoms with Crippen LogP contribution in [0.3, 0.4) is 0 Å². The van der Waals surface area contributed by atoms with Gasteiger partial charge in [-0.1, -0.05) is 19.1 Å². The number of alkyl halides is 4. The molecule has 1 unspecified atom stereocenters. The van der Waals surface area contributed by atoms with E-state index >= 15 is 0 Å². The Morgan fingerprint density at radius 1 is 1.30 bits per heavy atom. The van der Waals surface area contributed by atoms with Crippen LogP contribution in [0.25, 0.3) is 0 Å². The zero-order valence-electron chi connectivity index (χ0n) is 10.9. The Morgan fingerprint density at radius 3 is 2.35 bits per heavy atom. The molecule has 3 nitrogen and oxygen atoms in total. The molecule has 0 radical (unpaired) electrons. The van der Waals surface area contributed by atoms with Crippen molar-refractivity contribution in [1.82, 2.24) is 5.32 Å². The van der Waals surface area contributed by atoms with Crippen LogP contribution in [-0.2, 0) is 4.79 Å². The van der Waals surface area contributed by atoms with Gasteiger partial charge in [0.15, 0.2) is 0 Å². The summed E-state index contributed by atoms with van der Waals surface area (Å²) in [5, 5.41) is 1.82. The quantitative estimate of drug-likeness (QED) is 0.625. The second kappa shape index (κ2) is 6.58. The first-order valence-electron chi connectivity index (χ1n) is 6.00. The highest BCUT2D eigenvalue weighted by Gasteiger charge is 2.40. The molecule has 0 saturated carbocycles. The number of carbonyl (C=O) groups is 1. The fourth-order valence-electron chi connectivity index (χ4n) is 1.59. The molecule has 0 fully saturated rings. The monoisotopic (exact) mass is 292 g/mol. The molecule has 0 aliphatic rings. The molecule has 0 aromatic heterocycles. The molecular formula is C13H16F4N2O. The summed E-state index contributed by atoms with van der Waals surface area (Å²) in [7, 11) is 0. The maximum absolute atomic E-state index is 12.6. The zero-order chi connectivity index (χ0) is 15.3. The van der Waals surface area contributed by atoms with Crippen LogP contribution in [0.15, 0.2) is 24.3 Å². The average molecular weight is 292 g/mol. The van der Waals surface area contributed by atoms with Crippen molar-refractivity contribution in [2.75, 3.05) is 12.3 Å². The summed E-state index contributed by atoms with van der Waals surface area (Å²) >= 11 is 0. The van der Waals surface area contributed by atoms with Gasteiger partial charge in [-0.05, 0) is 23.6 Å². The van der Waals surface area contributed by atoms with Crippen molar-refractivity contribution in [3.63, 3.8) is 0 Å². The van der Waals surface area contributed by atoms with E-state index in [1.807, 2.05) is 5.32 Å². The summed E-state index contributed by atoms with van der Waals surface area (Å²) in [6.07, 6.45) is -3.86. The Hall–Kier alpha value is -1.79. The van der Waals surface area contributed by atoms with E-state index in [4.69, 9.17) is 5.73 Å². The van der Waals surface area contributed by atoms with E-state index in [9.17, 15) is 22.4 Å². The minimum atomic E-state index is -4.21. The molecule has 0 bridgehead atoms. The molecule has 0 saturated heterocycles. The van der Waals surface area contributed by atoms with Gasteiger partial charge in [0, 0.05) is 12.1 Å². The van der Waals surface area contributed by atoms with E-state index in [-0.39, 0.29) is 12.3 Å². The van der Waals surface area contributed by atoms with Gasteiger partial charge in [0.05, 0.1) is 6.54 Å². The predicted octanol–water partition coefficient (Wildman–Crippen LogP) is 2.78. The lowest BCUT2D eigenvalue weighted by Gasteiger charge is -2.17. The van der Waals surface area contributed by atoms with E-state index in [1.54, 1.807) is 31.2 Å². The second-order valence-corrected chi connectivity index (χ2v) is 4.61. The predicted molar refractivity (Wildman–Crippen MR) is 67.8 cm³/mol. The summed E-state index contributed by atoms with van der Waals surface area (Å²) in [5.41, 5.74) is 6.90. The number of rotatable bonds is 6. The Balaban J connectivity index is 2.48. The highest BCUT2D eigenvalue weighted by Crippen LogP contribution is 2.23. The fourth-order valence-corrected chi connectivity index (χ4v) is 1.59. The Bertz CT molecular complexity index is 448. The summed E-state index contributed by atoms with van der Waals surface area (Å²) in [6, 6.07) is 6.77. The molecule has 0 aliphatic heterocycles. The van der Waals surface area contributed by atoms with Crippen molar-refractivity contribution in [1.29, 1.82) is 0 Å². The average Bonchev–Trinajstić information content (AvgIpc) is 2.37. The van der Waals surface area contributed by atoms with Crippen LogP contribution in [0.2, 0.25) is 0 Å². The fraction of sp³-hybridized carbons (Fsp3) is 0.462. The summed E-state index contributed by atoms with van der Waals surface area (Å²) in [6.45, 7) is 0.369. The summed E-state index contributed by atoms with van der Waals surface area (Å²) < 4.78 is 49.1. The molecule has 20 heavy (non-hydrogen) atoms. The van der Waals surface area contributed by atoms with Gasteiger partial charge in [-0.15, -0.1) is 0 Å². The van der Waals surface area contributed by atoms with Gasteiger partial charge < -0.3 is 11.1 Å². The minimum absolute atomic E-state index is 0.0662. The number of benzene rings is 1. The van der Waals surface area contributed by atoms with E-state index in [1.165, 1.54) is 0 Å². The Morgan fingerprint density at radius 2 is 1.85 bits per heavy atom. The van der Waals surface area contributed by atoms with Crippen LogP contribution in [0.4, 0.5) is 23.2 Å². The van der Waals surface area contributed by atoms with E-state index in [0.29, 0.717) is 5.69 Å². The number of nitrogens with two attached hydrogens (primary N) is 1. The van der Waals surface area contributed by atoms with E-state index in [2.05, 4.69) is 0 Å². The van der Waals surface area contributed by atoms with Crippen LogP contribution in [0, 0.1) is 0 Å². The van der Waals surface area contributed by atoms with Crippen LogP contribution >= 0.6 is 0 Å². The maximum atomic E-state index is 12.6. The van der Waals surface area contributed by atoms with Gasteiger partial charge in [-0.3, -0.25) is 4.79 Å². The maximum Gasteiger partial charge on any atom is 0.324 e. The van der Waals surface area contributed by atoms with Gasteiger partial charge in [-0.2, -0.15) is 8.78 Å². The van der Waals surface area contributed by atoms with E-state index in [0.717, 1.165) is 5.56 Å². The molecule has 7 heteroatoms. The van der Waals surface area contributed by atoms with Gasteiger partial charge in [0.2, 0.25) is 5.91 Å². The highest BCUT2D eigenvalue weighted by molar-refractivity contribution is 5.76. The van der Waals surface area contributed by atoms with Crippen molar-refractivity contribution in [3.8, 4) is 0 Å². The number of carbonyl (C=O) groups excluding carboxylic acids is 1. The number of hydrogen-bond donors (Lipinski definition) is 2. The molecule has 1 aromatic carbocycles. The minimum Gasteiger partial charge on any atom is -0.399 e. The molecular weight excluding hydrogens is 276 g/mol. The molecule has 1 atom stereocenters. The molecule has 112 valence electrons. The molecule has 1 rings (SSSR count). The van der Waals surface area contributed by atoms with Gasteiger partial charge in [0.1, 0.15) is 0 Å². The third-order valence-electron chi connectivity index (χ3n) is 2.84. The summed E-state index contributed by atoms with van der Waals surface area (Å²) in [5.74, 6) is -5.13. The van der Waals surface area contributed by atoms with Crippen LogP contribution < -0.4 is 11.1 Å². The topological polar surface area (TPSA) is 55.1 Å². The Kier molecular flexibility index (Phi) is 5.35. The smallest absolute Gasteiger partial charge is 0.324 e. The number of halogens is 4. The molecule has 0 spiro atoms. The van der Waals surface area contributed by atoms with Crippen molar-refractivity contribution in [2.45, 2.75) is 31.6 Å². The number of nitrogen functional groups attached to an aromatic ring is 1. The number of nitrogens with one attached hydrogen (secondary N) is 1. The van der Waals surface area contributed by atoms with E-state index < -0.39 is 24.8 Å². The van der Waals surface area contributed by atoms with Crippen molar-refractivity contribution < 1.29 is 22.4 Å². The number of anilines is 1. The Labute approximate surface area is 114 Å². The molecule has 0 heterocycles. The lowest BCUT2D eigenvalue weighted by Crippen LogP contribution is -2.41. The van der Waals surface area contributed by atoms with Crippen molar-refractivity contribution in [2.24, 2.45) is 0 Å².